The quantitative estimate of drug-likeness (QED) is 0.542. The second-order valence-corrected chi connectivity index (χ2v) is 12.2. The number of carbonyl (C=O) groups excluding carboxylic acids is 2. The number of carboxylic acids is 1. The SMILES string of the molecule is O=C(O)C1CC(S(=O)(=O)N2CCCC(C(=O)N3CCCC3C(=O)NCc3ccc(C(F)(F)F)cc3)C2)C1. The van der Waals surface area contributed by atoms with Gasteiger partial charge in [0.2, 0.25) is 21.8 Å². The lowest BCUT2D eigenvalue weighted by Crippen LogP contribution is -2.53. The van der Waals surface area contributed by atoms with E-state index in [1.807, 2.05) is 0 Å². The van der Waals surface area contributed by atoms with E-state index in [-0.39, 0.29) is 38.4 Å². The molecule has 1 aromatic rings. The molecule has 2 heterocycles. The van der Waals surface area contributed by atoms with Crippen molar-refractivity contribution in [2.75, 3.05) is 19.6 Å². The van der Waals surface area contributed by atoms with Crippen molar-refractivity contribution >= 4 is 27.8 Å². The van der Waals surface area contributed by atoms with E-state index in [4.69, 9.17) is 5.11 Å². The number of benzene rings is 1. The number of alkyl halides is 3. The molecule has 37 heavy (non-hydrogen) atoms. The van der Waals surface area contributed by atoms with E-state index in [9.17, 15) is 36.0 Å². The van der Waals surface area contributed by atoms with E-state index >= 15 is 0 Å². The molecule has 2 saturated heterocycles. The summed E-state index contributed by atoms with van der Waals surface area (Å²) in [5.41, 5.74) is -0.288. The molecule has 2 amide bonds. The molecule has 3 fully saturated rings. The van der Waals surface area contributed by atoms with Crippen LogP contribution in [0.15, 0.2) is 24.3 Å². The van der Waals surface area contributed by atoms with Crippen LogP contribution in [0.2, 0.25) is 0 Å². The van der Waals surface area contributed by atoms with Crippen LogP contribution >= 0.6 is 0 Å². The van der Waals surface area contributed by atoms with Crippen molar-refractivity contribution in [1.29, 1.82) is 0 Å². The summed E-state index contributed by atoms with van der Waals surface area (Å²) in [6.45, 7) is 0.663. The Kier molecular flexibility index (Phi) is 7.84. The third-order valence-corrected chi connectivity index (χ3v) is 9.82. The van der Waals surface area contributed by atoms with Gasteiger partial charge in [-0.05, 0) is 56.2 Å². The second kappa shape index (κ2) is 10.6. The van der Waals surface area contributed by atoms with Crippen molar-refractivity contribution in [2.45, 2.75) is 62.5 Å². The Morgan fingerprint density at radius 1 is 1.00 bits per heavy atom. The van der Waals surface area contributed by atoms with Gasteiger partial charge >= 0.3 is 12.1 Å². The van der Waals surface area contributed by atoms with Crippen LogP contribution in [0.5, 0.6) is 0 Å². The molecule has 0 aromatic heterocycles. The molecule has 9 nitrogen and oxygen atoms in total. The molecular weight excluding hydrogens is 515 g/mol. The van der Waals surface area contributed by atoms with Crippen molar-refractivity contribution < 1.29 is 41.1 Å². The van der Waals surface area contributed by atoms with E-state index in [1.54, 1.807) is 0 Å². The average Bonchev–Trinajstić information content (AvgIpc) is 3.30. The molecule has 2 unspecified atom stereocenters. The number of nitrogens with one attached hydrogen (secondary N) is 1. The predicted octanol–water partition coefficient (Wildman–Crippen LogP) is 2.22. The number of carboxylic acid groups (broad SMARTS) is 1. The number of hydrogen-bond donors (Lipinski definition) is 2. The Balaban J connectivity index is 1.33. The van der Waals surface area contributed by atoms with Crippen LogP contribution in [0.3, 0.4) is 0 Å². The van der Waals surface area contributed by atoms with Crippen LogP contribution in [-0.2, 0) is 37.1 Å². The highest BCUT2D eigenvalue weighted by molar-refractivity contribution is 7.89. The topological polar surface area (TPSA) is 124 Å². The summed E-state index contributed by atoms with van der Waals surface area (Å²) in [5, 5.41) is 11.0. The Hall–Kier alpha value is -2.67. The molecule has 4 rings (SSSR count). The van der Waals surface area contributed by atoms with Gasteiger partial charge < -0.3 is 15.3 Å². The number of hydrogen-bond acceptors (Lipinski definition) is 5. The van der Waals surface area contributed by atoms with Crippen LogP contribution < -0.4 is 5.32 Å². The molecule has 0 bridgehead atoms. The number of piperidine rings is 1. The zero-order valence-electron chi connectivity index (χ0n) is 20.1. The molecule has 2 N–H and O–H groups in total. The lowest BCUT2D eigenvalue weighted by Gasteiger charge is -2.39. The van der Waals surface area contributed by atoms with E-state index in [2.05, 4.69) is 5.32 Å². The Morgan fingerprint density at radius 3 is 2.27 bits per heavy atom. The molecule has 1 saturated carbocycles. The molecule has 1 aliphatic carbocycles. The number of likely N-dealkylation sites (tertiary alicyclic amines) is 1. The largest absolute Gasteiger partial charge is 0.481 e. The van der Waals surface area contributed by atoms with Gasteiger partial charge in [0, 0.05) is 26.2 Å². The molecule has 13 heteroatoms. The minimum absolute atomic E-state index is 0.00575. The molecule has 2 aliphatic heterocycles. The molecule has 0 spiro atoms. The van der Waals surface area contributed by atoms with Gasteiger partial charge in [-0.25, -0.2) is 12.7 Å². The normalized spacial score (nSPS) is 26.9. The first-order valence-electron chi connectivity index (χ1n) is 12.3. The van der Waals surface area contributed by atoms with E-state index in [1.165, 1.54) is 21.3 Å². The maximum Gasteiger partial charge on any atom is 0.416 e. The lowest BCUT2D eigenvalue weighted by molar-refractivity contribution is -0.144. The van der Waals surface area contributed by atoms with Gasteiger partial charge in [0.05, 0.1) is 22.6 Å². The van der Waals surface area contributed by atoms with E-state index in [0.717, 1.165) is 12.1 Å². The standard InChI is InChI=1S/C24H30F3N3O6S/c25-24(26,27)18-7-5-15(6-8-18)13-28-21(31)20-4-2-10-30(20)22(32)16-3-1-9-29(14-16)37(35,36)19-11-17(12-19)23(33)34/h5-8,16-17,19-20H,1-4,9-14H2,(H,28,31)(H,33,34). The minimum Gasteiger partial charge on any atom is -0.481 e. The van der Waals surface area contributed by atoms with Gasteiger partial charge in [0.1, 0.15) is 6.04 Å². The zero-order valence-corrected chi connectivity index (χ0v) is 20.9. The van der Waals surface area contributed by atoms with Crippen LogP contribution in [-0.4, -0.2) is 71.4 Å². The summed E-state index contributed by atoms with van der Waals surface area (Å²) >= 11 is 0. The molecule has 2 atom stereocenters. The Morgan fingerprint density at radius 2 is 1.65 bits per heavy atom. The minimum atomic E-state index is -4.45. The van der Waals surface area contributed by atoms with Crippen molar-refractivity contribution in [3.8, 4) is 0 Å². The first-order chi connectivity index (χ1) is 17.4. The average molecular weight is 546 g/mol. The summed E-state index contributed by atoms with van der Waals surface area (Å²) in [5.74, 6) is -2.95. The van der Waals surface area contributed by atoms with E-state index in [0.29, 0.717) is 37.8 Å². The van der Waals surface area contributed by atoms with Crippen molar-refractivity contribution in [2.24, 2.45) is 11.8 Å². The number of nitrogens with zero attached hydrogens (tertiary/aromatic N) is 2. The number of rotatable bonds is 7. The van der Waals surface area contributed by atoms with Gasteiger partial charge in [-0.2, -0.15) is 13.2 Å². The van der Waals surface area contributed by atoms with Gasteiger partial charge in [-0.15, -0.1) is 0 Å². The number of halogens is 3. The van der Waals surface area contributed by atoms with Crippen LogP contribution in [0.25, 0.3) is 0 Å². The first-order valence-corrected chi connectivity index (χ1v) is 13.8. The molecular formula is C24H30F3N3O6S. The Bertz CT molecular complexity index is 1140. The lowest BCUT2D eigenvalue weighted by atomic mass is 9.85. The maximum atomic E-state index is 13.3. The predicted molar refractivity (Wildman–Crippen MR) is 125 cm³/mol. The number of sulfonamides is 1. The van der Waals surface area contributed by atoms with Gasteiger partial charge in [-0.3, -0.25) is 14.4 Å². The third-order valence-electron chi connectivity index (χ3n) is 7.55. The van der Waals surface area contributed by atoms with Crippen LogP contribution in [0.4, 0.5) is 13.2 Å². The molecule has 3 aliphatic rings. The number of aliphatic carboxylic acids is 1. The van der Waals surface area contributed by atoms with Crippen molar-refractivity contribution in [1.82, 2.24) is 14.5 Å². The van der Waals surface area contributed by atoms with Crippen molar-refractivity contribution in [3.05, 3.63) is 35.4 Å². The molecule has 0 radical (unpaired) electrons. The van der Waals surface area contributed by atoms with E-state index < -0.39 is 56.8 Å². The first kappa shape index (κ1) is 27.4. The van der Waals surface area contributed by atoms with Crippen LogP contribution in [0.1, 0.15) is 49.7 Å². The van der Waals surface area contributed by atoms with Gasteiger partial charge in [0.15, 0.2) is 0 Å². The summed E-state index contributed by atoms with van der Waals surface area (Å²) in [6, 6.07) is 3.75. The smallest absolute Gasteiger partial charge is 0.416 e. The van der Waals surface area contributed by atoms with Crippen LogP contribution in [0, 0.1) is 11.8 Å². The third kappa shape index (κ3) is 5.92. The summed E-state index contributed by atoms with van der Waals surface area (Å²) in [6.07, 6.45) is -2.28. The molecule has 204 valence electrons. The fraction of sp³-hybridized carbons (Fsp3) is 0.625. The fourth-order valence-electron chi connectivity index (χ4n) is 5.25. The molecule has 1 aromatic carbocycles. The van der Waals surface area contributed by atoms with Crippen molar-refractivity contribution in [3.63, 3.8) is 0 Å². The van der Waals surface area contributed by atoms with Gasteiger partial charge in [-0.1, -0.05) is 12.1 Å². The monoisotopic (exact) mass is 545 g/mol. The maximum absolute atomic E-state index is 13.3. The van der Waals surface area contributed by atoms with Gasteiger partial charge in [0.25, 0.3) is 0 Å². The number of carbonyl (C=O) groups is 3. The highest BCUT2D eigenvalue weighted by Gasteiger charge is 2.47. The second-order valence-electron chi connectivity index (χ2n) is 9.97. The summed E-state index contributed by atoms with van der Waals surface area (Å²) in [7, 11) is -3.71. The summed E-state index contributed by atoms with van der Waals surface area (Å²) in [4.78, 5) is 38.7. The fourth-order valence-corrected chi connectivity index (χ4v) is 7.40. The highest BCUT2D eigenvalue weighted by atomic mass is 32.2. The Labute approximate surface area is 213 Å². The zero-order chi connectivity index (χ0) is 27.0. The number of amides is 2. The highest BCUT2D eigenvalue weighted by Crippen LogP contribution is 2.36. The summed E-state index contributed by atoms with van der Waals surface area (Å²) < 4.78 is 65.5.